The molecule has 1 aromatic rings. The topological polar surface area (TPSA) is 71.0 Å². The van der Waals surface area contributed by atoms with Crippen molar-refractivity contribution in [2.24, 2.45) is 0 Å². The van der Waals surface area contributed by atoms with Crippen LogP contribution in [0.25, 0.3) is 0 Å². The number of hydrogen-bond donors (Lipinski definition) is 3. The number of ether oxygens (including phenoxy) is 2. The molecule has 0 bridgehead atoms. The molecule has 1 aliphatic rings. The molecule has 0 aliphatic carbocycles. The van der Waals surface area contributed by atoms with Gasteiger partial charge in [0.05, 0.1) is 5.60 Å². The van der Waals surface area contributed by atoms with Gasteiger partial charge in [0.2, 0.25) is 0 Å². The molecule has 0 amide bonds. The monoisotopic (exact) mass is 315 g/mol. The number of aliphatic hydroxyl groups excluding tert-OH is 1. The van der Waals surface area contributed by atoms with Gasteiger partial charge >= 0.3 is 0 Å². The fourth-order valence-electron chi connectivity index (χ4n) is 2.18. The Labute approximate surface area is 129 Å². The van der Waals surface area contributed by atoms with E-state index in [0.717, 1.165) is 0 Å². The molecule has 1 heterocycles. The fourth-order valence-corrected chi connectivity index (χ4v) is 2.31. The van der Waals surface area contributed by atoms with Gasteiger partial charge in [-0.15, -0.1) is 0 Å². The highest BCUT2D eigenvalue weighted by atomic mass is 35.5. The van der Waals surface area contributed by atoms with Crippen LogP contribution in [0, 0.1) is 0 Å². The third-order valence-electron chi connectivity index (χ3n) is 3.51. The van der Waals surface area contributed by atoms with E-state index in [9.17, 15) is 10.2 Å². The predicted molar refractivity (Wildman–Crippen MR) is 80.8 cm³/mol. The quantitative estimate of drug-likeness (QED) is 0.705. The molecule has 3 N–H and O–H groups in total. The molecule has 0 aromatic heterocycles. The van der Waals surface area contributed by atoms with E-state index in [0.29, 0.717) is 49.9 Å². The summed E-state index contributed by atoms with van der Waals surface area (Å²) >= 11 is 5.78. The lowest BCUT2D eigenvalue weighted by molar-refractivity contribution is -0.0626. The van der Waals surface area contributed by atoms with Gasteiger partial charge in [0.1, 0.15) is 18.5 Å². The van der Waals surface area contributed by atoms with Crippen LogP contribution in [0.3, 0.4) is 0 Å². The summed E-state index contributed by atoms with van der Waals surface area (Å²) in [6, 6.07) is 6.99. The molecule has 0 saturated carbocycles. The van der Waals surface area contributed by atoms with Gasteiger partial charge in [0.25, 0.3) is 0 Å². The van der Waals surface area contributed by atoms with E-state index in [-0.39, 0.29) is 6.61 Å². The molecule has 6 heteroatoms. The van der Waals surface area contributed by atoms with Gasteiger partial charge in [-0.25, -0.2) is 0 Å². The van der Waals surface area contributed by atoms with E-state index in [1.807, 2.05) is 0 Å². The van der Waals surface area contributed by atoms with Gasteiger partial charge in [0, 0.05) is 44.2 Å². The Morgan fingerprint density at radius 2 is 1.95 bits per heavy atom. The predicted octanol–water partition coefficient (Wildman–Crippen LogP) is 1.21. The van der Waals surface area contributed by atoms with E-state index in [4.69, 9.17) is 21.1 Å². The first-order valence-corrected chi connectivity index (χ1v) is 7.52. The lowest BCUT2D eigenvalue weighted by Crippen LogP contribution is -2.47. The minimum atomic E-state index is -0.727. The molecule has 118 valence electrons. The number of aliphatic hydroxyl groups is 2. The Hall–Kier alpha value is -0.850. The molecule has 2 rings (SSSR count). The SMILES string of the molecule is OC(CNCC1(O)CCOCC1)COc1ccc(Cl)cc1. The summed E-state index contributed by atoms with van der Waals surface area (Å²) in [4.78, 5) is 0. The van der Waals surface area contributed by atoms with E-state index >= 15 is 0 Å². The van der Waals surface area contributed by atoms with Crippen molar-refractivity contribution in [2.75, 3.05) is 32.9 Å². The first kappa shape index (κ1) is 16.5. The second-order valence-corrected chi connectivity index (χ2v) is 5.82. The summed E-state index contributed by atoms with van der Waals surface area (Å²) in [5.41, 5.74) is -0.727. The van der Waals surface area contributed by atoms with Crippen LogP contribution in [0.5, 0.6) is 5.75 Å². The van der Waals surface area contributed by atoms with E-state index in [1.54, 1.807) is 24.3 Å². The van der Waals surface area contributed by atoms with Crippen molar-refractivity contribution >= 4 is 11.6 Å². The van der Waals surface area contributed by atoms with Crippen molar-refractivity contribution in [3.8, 4) is 5.75 Å². The van der Waals surface area contributed by atoms with Gasteiger partial charge in [-0.3, -0.25) is 0 Å². The van der Waals surface area contributed by atoms with Crippen LogP contribution in [0.15, 0.2) is 24.3 Å². The highest BCUT2D eigenvalue weighted by molar-refractivity contribution is 6.30. The van der Waals surface area contributed by atoms with Crippen molar-refractivity contribution < 1.29 is 19.7 Å². The zero-order valence-electron chi connectivity index (χ0n) is 11.9. The third-order valence-corrected chi connectivity index (χ3v) is 3.77. The molecule has 1 unspecified atom stereocenters. The van der Waals surface area contributed by atoms with E-state index in [1.165, 1.54) is 0 Å². The number of nitrogens with one attached hydrogen (secondary N) is 1. The van der Waals surface area contributed by atoms with E-state index < -0.39 is 11.7 Å². The Kier molecular flexibility index (Phi) is 6.26. The van der Waals surface area contributed by atoms with Crippen LogP contribution in [-0.2, 0) is 4.74 Å². The standard InChI is InChI=1S/C15H22ClNO4/c16-12-1-3-14(4-2-12)21-10-13(18)9-17-11-15(19)5-7-20-8-6-15/h1-4,13,17-19H,5-11H2. The molecule has 0 radical (unpaired) electrons. The zero-order chi connectivity index (χ0) is 15.1. The second-order valence-electron chi connectivity index (χ2n) is 5.39. The Morgan fingerprint density at radius 1 is 1.29 bits per heavy atom. The summed E-state index contributed by atoms with van der Waals surface area (Å²) in [6.07, 6.45) is 0.610. The van der Waals surface area contributed by atoms with Crippen LogP contribution >= 0.6 is 11.6 Å². The van der Waals surface area contributed by atoms with Crippen molar-refractivity contribution in [3.05, 3.63) is 29.3 Å². The maximum Gasteiger partial charge on any atom is 0.119 e. The summed E-state index contributed by atoms with van der Waals surface area (Å²) in [7, 11) is 0. The van der Waals surface area contributed by atoms with Gasteiger partial charge < -0.3 is 25.0 Å². The van der Waals surface area contributed by atoms with Crippen LogP contribution in [0.4, 0.5) is 0 Å². The highest BCUT2D eigenvalue weighted by Crippen LogP contribution is 2.19. The van der Waals surface area contributed by atoms with Crippen molar-refractivity contribution in [1.82, 2.24) is 5.32 Å². The van der Waals surface area contributed by atoms with Crippen molar-refractivity contribution in [1.29, 1.82) is 0 Å². The largest absolute Gasteiger partial charge is 0.491 e. The summed E-state index contributed by atoms with van der Waals surface area (Å²) < 4.78 is 10.7. The molecule has 1 saturated heterocycles. The van der Waals surface area contributed by atoms with E-state index in [2.05, 4.69) is 5.32 Å². The molecule has 0 spiro atoms. The van der Waals surface area contributed by atoms with Crippen molar-refractivity contribution in [3.63, 3.8) is 0 Å². The minimum Gasteiger partial charge on any atom is -0.491 e. The first-order valence-electron chi connectivity index (χ1n) is 7.15. The maximum absolute atomic E-state index is 10.3. The molecular formula is C15H22ClNO4. The average molecular weight is 316 g/mol. The Balaban J connectivity index is 1.63. The van der Waals surface area contributed by atoms with Gasteiger partial charge in [-0.2, -0.15) is 0 Å². The minimum absolute atomic E-state index is 0.191. The number of rotatable bonds is 7. The molecule has 21 heavy (non-hydrogen) atoms. The smallest absolute Gasteiger partial charge is 0.119 e. The fraction of sp³-hybridized carbons (Fsp3) is 0.600. The first-order chi connectivity index (χ1) is 10.1. The van der Waals surface area contributed by atoms with Gasteiger partial charge in [0.15, 0.2) is 0 Å². The van der Waals surface area contributed by atoms with Crippen LogP contribution < -0.4 is 10.1 Å². The molecule has 1 atom stereocenters. The van der Waals surface area contributed by atoms with Crippen LogP contribution in [-0.4, -0.2) is 54.8 Å². The normalized spacial score (nSPS) is 19.2. The molecule has 1 aromatic carbocycles. The van der Waals surface area contributed by atoms with Crippen molar-refractivity contribution in [2.45, 2.75) is 24.5 Å². The Bertz CT molecular complexity index is 420. The lowest BCUT2D eigenvalue weighted by atomic mass is 9.94. The number of hydrogen-bond acceptors (Lipinski definition) is 5. The molecule has 1 aliphatic heterocycles. The Morgan fingerprint density at radius 3 is 2.62 bits per heavy atom. The number of halogens is 1. The summed E-state index contributed by atoms with van der Waals surface area (Å²) in [5, 5.41) is 23.8. The molecule has 1 fully saturated rings. The molecule has 5 nitrogen and oxygen atoms in total. The maximum atomic E-state index is 10.3. The highest BCUT2D eigenvalue weighted by Gasteiger charge is 2.29. The average Bonchev–Trinajstić information content (AvgIpc) is 2.47. The second kappa shape index (κ2) is 7.96. The molecular weight excluding hydrogens is 294 g/mol. The third kappa shape index (κ3) is 5.80. The van der Waals surface area contributed by atoms with Gasteiger partial charge in [-0.05, 0) is 24.3 Å². The van der Waals surface area contributed by atoms with Crippen LogP contribution in [0.2, 0.25) is 5.02 Å². The summed E-state index contributed by atoms with van der Waals surface area (Å²) in [5.74, 6) is 0.668. The summed E-state index contributed by atoms with van der Waals surface area (Å²) in [6.45, 7) is 2.18. The lowest BCUT2D eigenvalue weighted by Gasteiger charge is -2.32. The number of benzene rings is 1. The van der Waals surface area contributed by atoms with Crippen LogP contribution in [0.1, 0.15) is 12.8 Å². The van der Waals surface area contributed by atoms with Gasteiger partial charge in [-0.1, -0.05) is 11.6 Å². The zero-order valence-corrected chi connectivity index (χ0v) is 12.7.